The van der Waals surface area contributed by atoms with Gasteiger partial charge in [-0.1, -0.05) is 20.3 Å². The summed E-state index contributed by atoms with van der Waals surface area (Å²) in [4.78, 5) is 0. The van der Waals surface area contributed by atoms with E-state index in [9.17, 15) is 0 Å². The Kier molecular flexibility index (Phi) is 4.72. The van der Waals surface area contributed by atoms with Gasteiger partial charge in [0.25, 0.3) is 0 Å². The van der Waals surface area contributed by atoms with Crippen molar-refractivity contribution in [3.05, 3.63) is 0 Å². The van der Waals surface area contributed by atoms with Gasteiger partial charge in [0.1, 0.15) is 0 Å². The third-order valence-corrected chi connectivity index (χ3v) is 1.45. The molecule has 0 saturated carbocycles. The maximum atomic E-state index is 9.07. The van der Waals surface area contributed by atoms with Gasteiger partial charge >= 0.3 is 0 Å². The second-order valence-electron chi connectivity index (χ2n) is 2.33. The molecule has 0 aromatic heterocycles. The molecule has 0 aliphatic heterocycles. The highest BCUT2D eigenvalue weighted by Gasteiger charge is 2.11. The molecule has 0 radical (unpaired) electrons. The lowest BCUT2D eigenvalue weighted by molar-refractivity contribution is 0.0124. The quantitative estimate of drug-likeness (QED) is 0.597. The van der Waals surface area contributed by atoms with Crippen molar-refractivity contribution in [1.82, 2.24) is 0 Å². The first kappa shape index (κ1) is 8.92. The summed E-state index contributed by atoms with van der Waals surface area (Å²) in [5, 5.41) is 18.1. The molecule has 0 fully saturated rings. The first-order valence-corrected chi connectivity index (χ1v) is 3.58. The summed E-state index contributed by atoms with van der Waals surface area (Å²) >= 11 is 0. The molecule has 0 heterocycles. The van der Waals surface area contributed by atoms with Gasteiger partial charge in [-0.2, -0.15) is 0 Å². The SMILES string of the molecule is CCC[C@H](O)[C@H](O)CC. The fraction of sp³-hybridized carbons (Fsp3) is 1.00. The summed E-state index contributed by atoms with van der Waals surface area (Å²) in [6.07, 6.45) is 1.24. The molecule has 0 aromatic carbocycles. The van der Waals surface area contributed by atoms with Crippen LogP contribution < -0.4 is 0 Å². The average molecular weight is 132 g/mol. The van der Waals surface area contributed by atoms with E-state index in [2.05, 4.69) is 0 Å². The van der Waals surface area contributed by atoms with E-state index in [0.717, 1.165) is 6.42 Å². The molecule has 9 heavy (non-hydrogen) atoms. The van der Waals surface area contributed by atoms with Crippen LogP contribution >= 0.6 is 0 Å². The average Bonchev–Trinajstić information content (AvgIpc) is 1.87. The van der Waals surface area contributed by atoms with Crippen LogP contribution in [0.1, 0.15) is 33.1 Å². The Labute approximate surface area is 56.5 Å². The number of hydrogen-bond donors (Lipinski definition) is 2. The van der Waals surface area contributed by atoms with Crippen LogP contribution in [0.25, 0.3) is 0 Å². The van der Waals surface area contributed by atoms with Crippen molar-refractivity contribution in [2.24, 2.45) is 0 Å². The van der Waals surface area contributed by atoms with E-state index < -0.39 is 12.2 Å². The van der Waals surface area contributed by atoms with Gasteiger partial charge in [-0.15, -0.1) is 0 Å². The van der Waals surface area contributed by atoms with Crippen LogP contribution in [-0.4, -0.2) is 22.4 Å². The van der Waals surface area contributed by atoms with E-state index in [-0.39, 0.29) is 0 Å². The monoisotopic (exact) mass is 132 g/mol. The van der Waals surface area contributed by atoms with E-state index in [4.69, 9.17) is 10.2 Å². The zero-order valence-corrected chi connectivity index (χ0v) is 6.17. The van der Waals surface area contributed by atoms with Gasteiger partial charge in [-0.25, -0.2) is 0 Å². The van der Waals surface area contributed by atoms with E-state index in [1.165, 1.54) is 0 Å². The largest absolute Gasteiger partial charge is 0.390 e. The van der Waals surface area contributed by atoms with Crippen molar-refractivity contribution in [1.29, 1.82) is 0 Å². The highest BCUT2D eigenvalue weighted by atomic mass is 16.3. The highest BCUT2D eigenvalue weighted by molar-refractivity contribution is 4.63. The molecule has 2 nitrogen and oxygen atoms in total. The minimum Gasteiger partial charge on any atom is -0.390 e. The zero-order valence-electron chi connectivity index (χ0n) is 6.17. The van der Waals surface area contributed by atoms with Crippen molar-refractivity contribution in [2.75, 3.05) is 0 Å². The van der Waals surface area contributed by atoms with Crippen LogP contribution in [0.2, 0.25) is 0 Å². The summed E-state index contributed by atoms with van der Waals surface area (Å²) in [6.45, 7) is 3.86. The fourth-order valence-electron chi connectivity index (χ4n) is 0.760. The topological polar surface area (TPSA) is 40.5 Å². The summed E-state index contributed by atoms with van der Waals surface area (Å²) < 4.78 is 0. The third-order valence-electron chi connectivity index (χ3n) is 1.45. The maximum absolute atomic E-state index is 9.07. The molecular weight excluding hydrogens is 116 g/mol. The first-order valence-electron chi connectivity index (χ1n) is 3.58. The number of aliphatic hydroxyl groups excluding tert-OH is 2. The number of aliphatic hydroxyl groups is 2. The Morgan fingerprint density at radius 2 is 1.67 bits per heavy atom. The summed E-state index contributed by atoms with van der Waals surface area (Å²) in [5.74, 6) is 0. The maximum Gasteiger partial charge on any atom is 0.0798 e. The van der Waals surface area contributed by atoms with Crippen molar-refractivity contribution in [3.63, 3.8) is 0 Å². The van der Waals surface area contributed by atoms with Crippen LogP contribution in [0.5, 0.6) is 0 Å². The Morgan fingerprint density at radius 1 is 1.11 bits per heavy atom. The molecule has 0 aromatic rings. The molecule has 2 heteroatoms. The molecule has 2 atom stereocenters. The summed E-state index contributed by atoms with van der Waals surface area (Å²) in [5.41, 5.74) is 0. The van der Waals surface area contributed by atoms with Crippen molar-refractivity contribution in [2.45, 2.75) is 45.3 Å². The Morgan fingerprint density at radius 3 is 2.00 bits per heavy atom. The molecule has 0 spiro atoms. The Bertz CT molecular complexity index is 63.9. The molecule has 0 rings (SSSR count). The number of rotatable bonds is 4. The lowest BCUT2D eigenvalue weighted by Gasteiger charge is -2.14. The molecule has 0 amide bonds. The van der Waals surface area contributed by atoms with Gasteiger partial charge < -0.3 is 10.2 Å². The highest BCUT2D eigenvalue weighted by Crippen LogP contribution is 2.04. The van der Waals surface area contributed by atoms with E-state index in [1.54, 1.807) is 0 Å². The van der Waals surface area contributed by atoms with Crippen molar-refractivity contribution in [3.8, 4) is 0 Å². The predicted octanol–water partition coefficient (Wildman–Crippen LogP) is 0.918. The van der Waals surface area contributed by atoms with E-state index in [1.807, 2.05) is 13.8 Å². The van der Waals surface area contributed by atoms with Gasteiger partial charge in [0.05, 0.1) is 12.2 Å². The van der Waals surface area contributed by atoms with Crippen molar-refractivity contribution >= 4 is 0 Å². The molecule has 0 unspecified atom stereocenters. The molecule has 0 aliphatic rings. The normalized spacial score (nSPS) is 17.3. The standard InChI is InChI=1S/C7H16O2/c1-3-5-7(9)6(8)4-2/h6-9H,3-5H2,1-2H3/t6-,7+/m1/s1. The summed E-state index contributed by atoms with van der Waals surface area (Å²) in [7, 11) is 0. The second kappa shape index (κ2) is 4.77. The van der Waals surface area contributed by atoms with Gasteiger partial charge in [-0.3, -0.25) is 0 Å². The molecule has 0 bridgehead atoms. The molecule has 0 saturated heterocycles. The third kappa shape index (κ3) is 3.49. The smallest absolute Gasteiger partial charge is 0.0798 e. The number of hydrogen-bond acceptors (Lipinski definition) is 2. The first-order chi connectivity index (χ1) is 4.22. The Hall–Kier alpha value is -0.0800. The summed E-state index contributed by atoms with van der Waals surface area (Å²) in [6, 6.07) is 0. The Balaban J connectivity index is 3.32. The minimum absolute atomic E-state index is 0.514. The minimum atomic E-state index is -0.523. The van der Waals surface area contributed by atoms with Crippen LogP contribution in [-0.2, 0) is 0 Å². The van der Waals surface area contributed by atoms with Gasteiger partial charge in [-0.05, 0) is 12.8 Å². The lowest BCUT2D eigenvalue weighted by Crippen LogP contribution is -2.24. The second-order valence-corrected chi connectivity index (χ2v) is 2.33. The molecular formula is C7H16O2. The molecule has 0 aliphatic carbocycles. The zero-order chi connectivity index (χ0) is 7.28. The van der Waals surface area contributed by atoms with Crippen molar-refractivity contribution < 1.29 is 10.2 Å². The van der Waals surface area contributed by atoms with E-state index in [0.29, 0.717) is 12.8 Å². The van der Waals surface area contributed by atoms with E-state index >= 15 is 0 Å². The lowest BCUT2D eigenvalue weighted by atomic mass is 10.1. The van der Waals surface area contributed by atoms with Crippen LogP contribution in [0.3, 0.4) is 0 Å². The van der Waals surface area contributed by atoms with Crippen LogP contribution in [0.15, 0.2) is 0 Å². The predicted molar refractivity (Wildman–Crippen MR) is 37.2 cm³/mol. The van der Waals surface area contributed by atoms with Gasteiger partial charge in [0, 0.05) is 0 Å². The molecule has 56 valence electrons. The molecule has 2 N–H and O–H groups in total. The van der Waals surface area contributed by atoms with Crippen LogP contribution in [0, 0.1) is 0 Å². The van der Waals surface area contributed by atoms with Crippen LogP contribution in [0.4, 0.5) is 0 Å². The van der Waals surface area contributed by atoms with Gasteiger partial charge in [0.15, 0.2) is 0 Å². The fourth-order valence-corrected chi connectivity index (χ4v) is 0.760. The van der Waals surface area contributed by atoms with Gasteiger partial charge in [0.2, 0.25) is 0 Å².